The molecule has 88 valence electrons. The lowest BCUT2D eigenvalue weighted by molar-refractivity contribution is 0.149. The summed E-state index contributed by atoms with van der Waals surface area (Å²) in [6.07, 6.45) is 1.23. The number of hydrogen-bond donors (Lipinski definition) is 1. The molecule has 16 heavy (non-hydrogen) atoms. The zero-order chi connectivity index (χ0) is 11.6. The molecule has 1 aliphatic rings. The van der Waals surface area contributed by atoms with E-state index in [4.69, 9.17) is 5.73 Å². The zero-order valence-corrected chi connectivity index (χ0v) is 9.75. The van der Waals surface area contributed by atoms with Crippen molar-refractivity contribution >= 4 is 5.69 Å². The molecule has 1 heterocycles. The third kappa shape index (κ3) is 2.53. The van der Waals surface area contributed by atoms with Crippen molar-refractivity contribution in [3.63, 3.8) is 0 Å². The quantitative estimate of drug-likeness (QED) is 0.833. The van der Waals surface area contributed by atoms with Crippen LogP contribution in [0.25, 0.3) is 0 Å². The number of anilines is 1. The lowest BCUT2D eigenvalue weighted by Gasteiger charge is -2.35. The number of halogens is 1. The van der Waals surface area contributed by atoms with Crippen LogP contribution in [0.1, 0.15) is 25.3 Å². The van der Waals surface area contributed by atoms with Gasteiger partial charge in [-0.25, -0.2) is 4.39 Å². The predicted molar refractivity (Wildman–Crippen MR) is 65.3 cm³/mol. The number of nitrogens with zero attached hydrogens (tertiary/aromatic N) is 1. The van der Waals surface area contributed by atoms with Crippen LogP contribution in [0.2, 0.25) is 0 Å². The van der Waals surface area contributed by atoms with Crippen LogP contribution < -0.4 is 10.6 Å². The van der Waals surface area contributed by atoms with E-state index in [0.717, 1.165) is 18.7 Å². The Morgan fingerprint density at radius 3 is 2.31 bits per heavy atom. The second-order valence-electron chi connectivity index (χ2n) is 4.77. The second-order valence-corrected chi connectivity index (χ2v) is 4.77. The van der Waals surface area contributed by atoms with Gasteiger partial charge in [0.15, 0.2) is 0 Å². The van der Waals surface area contributed by atoms with Crippen molar-refractivity contribution in [2.45, 2.75) is 32.0 Å². The fraction of sp³-hybridized carbons (Fsp3) is 0.538. The number of rotatable bonds is 2. The molecule has 0 aliphatic carbocycles. The van der Waals surface area contributed by atoms with E-state index in [2.05, 4.69) is 17.0 Å². The Kier molecular flexibility index (Phi) is 3.15. The van der Waals surface area contributed by atoms with Crippen LogP contribution in [0.5, 0.6) is 0 Å². The van der Waals surface area contributed by atoms with E-state index in [1.807, 2.05) is 12.1 Å². The first-order valence-corrected chi connectivity index (χ1v) is 5.84. The molecular formula is C13H19FN2. The van der Waals surface area contributed by atoms with Crippen LogP contribution in [0.15, 0.2) is 24.3 Å². The van der Waals surface area contributed by atoms with Crippen LogP contribution in [-0.2, 0) is 6.54 Å². The highest BCUT2D eigenvalue weighted by atomic mass is 19.1. The standard InChI is InChI=1S/C13H19FN2/c1-13(14)6-8-16(9-7-13)12-4-2-11(10-15)3-5-12/h2-5H,6-10,15H2,1H3. The van der Waals surface area contributed by atoms with Crippen molar-refractivity contribution in [2.75, 3.05) is 18.0 Å². The normalized spacial score (nSPS) is 19.8. The summed E-state index contributed by atoms with van der Waals surface area (Å²) in [5.41, 5.74) is 6.88. The number of nitrogens with two attached hydrogens (primary N) is 1. The Hall–Kier alpha value is -1.09. The van der Waals surface area contributed by atoms with Crippen molar-refractivity contribution in [1.29, 1.82) is 0 Å². The van der Waals surface area contributed by atoms with E-state index in [-0.39, 0.29) is 0 Å². The largest absolute Gasteiger partial charge is 0.371 e. The van der Waals surface area contributed by atoms with Gasteiger partial charge in [-0.1, -0.05) is 12.1 Å². The lowest BCUT2D eigenvalue weighted by atomic mass is 9.95. The molecule has 2 rings (SSSR count). The van der Waals surface area contributed by atoms with Crippen molar-refractivity contribution in [3.8, 4) is 0 Å². The maximum Gasteiger partial charge on any atom is 0.111 e. The summed E-state index contributed by atoms with van der Waals surface area (Å²) in [6.45, 7) is 3.87. The summed E-state index contributed by atoms with van der Waals surface area (Å²) in [7, 11) is 0. The Labute approximate surface area is 96.2 Å². The third-order valence-electron chi connectivity index (χ3n) is 3.34. The number of benzene rings is 1. The molecule has 1 aromatic rings. The Morgan fingerprint density at radius 1 is 1.25 bits per heavy atom. The Balaban J connectivity index is 2.03. The highest BCUT2D eigenvalue weighted by molar-refractivity contribution is 5.48. The van der Waals surface area contributed by atoms with E-state index >= 15 is 0 Å². The molecule has 0 saturated carbocycles. The molecule has 1 aliphatic heterocycles. The number of hydrogen-bond acceptors (Lipinski definition) is 2. The van der Waals surface area contributed by atoms with Crippen LogP contribution in [0.3, 0.4) is 0 Å². The molecule has 1 fully saturated rings. The average molecular weight is 222 g/mol. The molecule has 0 radical (unpaired) electrons. The summed E-state index contributed by atoms with van der Waals surface area (Å²) < 4.78 is 13.6. The Bertz CT molecular complexity index is 335. The molecule has 0 spiro atoms. The molecule has 3 heteroatoms. The van der Waals surface area contributed by atoms with Crippen molar-refractivity contribution < 1.29 is 4.39 Å². The lowest BCUT2D eigenvalue weighted by Crippen LogP contribution is -2.40. The topological polar surface area (TPSA) is 29.3 Å². The van der Waals surface area contributed by atoms with Crippen LogP contribution in [0.4, 0.5) is 10.1 Å². The maximum atomic E-state index is 13.6. The fourth-order valence-electron chi connectivity index (χ4n) is 2.07. The van der Waals surface area contributed by atoms with E-state index < -0.39 is 5.67 Å². The molecule has 1 saturated heterocycles. The molecule has 2 N–H and O–H groups in total. The van der Waals surface area contributed by atoms with Crippen molar-refractivity contribution in [3.05, 3.63) is 29.8 Å². The second kappa shape index (κ2) is 4.42. The summed E-state index contributed by atoms with van der Waals surface area (Å²) >= 11 is 0. The molecule has 0 bridgehead atoms. The van der Waals surface area contributed by atoms with Gasteiger partial charge >= 0.3 is 0 Å². The van der Waals surface area contributed by atoms with E-state index in [1.54, 1.807) is 6.92 Å². The maximum absolute atomic E-state index is 13.6. The number of piperidine rings is 1. The highest BCUT2D eigenvalue weighted by Gasteiger charge is 2.29. The van der Waals surface area contributed by atoms with Crippen LogP contribution in [0, 0.1) is 0 Å². The van der Waals surface area contributed by atoms with Gasteiger partial charge in [-0.15, -0.1) is 0 Å². The molecule has 1 aromatic carbocycles. The molecule has 0 aromatic heterocycles. The van der Waals surface area contributed by atoms with Crippen LogP contribution in [-0.4, -0.2) is 18.8 Å². The molecular weight excluding hydrogens is 203 g/mol. The van der Waals surface area contributed by atoms with Gasteiger partial charge in [-0.05, 0) is 37.5 Å². The van der Waals surface area contributed by atoms with Gasteiger partial charge in [0, 0.05) is 25.3 Å². The van der Waals surface area contributed by atoms with Gasteiger partial charge in [0.05, 0.1) is 0 Å². The average Bonchev–Trinajstić information content (AvgIpc) is 2.29. The first-order valence-electron chi connectivity index (χ1n) is 5.84. The SMILES string of the molecule is CC1(F)CCN(c2ccc(CN)cc2)CC1. The van der Waals surface area contributed by atoms with E-state index in [9.17, 15) is 4.39 Å². The minimum Gasteiger partial charge on any atom is -0.371 e. The molecule has 0 amide bonds. The Morgan fingerprint density at radius 2 is 1.81 bits per heavy atom. The summed E-state index contributed by atoms with van der Waals surface area (Å²) in [5, 5.41) is 0. The fourth-order valence-corrected chi connectivity index (χ4v) is 2.07. The monoisotopic (exact) mass is 222 g/mol. The minimum absolute atomic E-state index is 0.572. The van der Waals surface area contributed by atoms with Gasteiger partial charge < -0.3 is 10.6 Å². The molecule has 0 atom stereocenters. The first-order chi connectivity index (χ1) is 7.61. The van der Waals surface area contributed by atoms with Gasteiger partial charge in [-0.2, -0.15) is 0 Å². The van der Waals surface area contributed by atoms with Gasteiger partial charge in [0.25, 0.3) is 0 Å². The zero-order valence-electron chi connectivity index (χ0n) is 9.75. The van der Waals surface area contributed by atoms with Crippen molar-refractivity contribution in [2.24, 2.45) is 5.73 Å². The first kappa shape index (κ1) is 11.4. The summed E-state index contributed by atoms with van der Waals surface area (Å²) in [5.74, 6) is 0. The van der Waals surface area contributed by atoms with E-state index in [0.29, 0.717) is 19.4 Å². The predicted octanol–water partition coefficient (Wildman–Crippen LogP) is 2.47. The minimum atomic E-state index is -0.978. The molecule has 2 nitrogen and oxygen atoms in total. The highest BCUT2D eigenvalue weighted by Crippen LogP contribution is 2.28. The summed E-state index contributed by atoms with van der Waals surface area (Å²) in [4.78, 5) is 2.24. The van der Waals surface area contributed by atoms with Crippen molar-refractivity contribution in [1.82, 2.24) is 0 Å². The van der Waals surface area contributed by atoms with Gasteiger partial charge in [0.1, 0.15) is 5.67 Å². The number of alkyl halides is 1. The third-order valence-corrected chi connectivity index (χ3v) is 3.34. The van der Waals surface area contributed by atoms with Gasteiger partial charge in [-0.3, -0.25) is 0 Å². The van der Waals surface area contributed by atoms with E-state index in [1.165, 1.54) is 5.69 Å². The molecule has 0 unspecified atom stereocenters. The van der Waals surface area contributed by atoms with Crippen LogP contribution >= 0.6 is 0 Å². The smallest absolute Gasteiger partial charge is 0.111 e. The summed E-state index contributed by atoms with van der Waals surface area (Å²) in [6, 6.07) is 8.23. The van der Waals surface area contributed by atoms with Gasteiger partial charge in [0.2, 0.25) is 0 Å².